The average molecular weight is 237 g/mol. The minimum atomic E-state index is -0.245. The van der Waals surface area contributed by atoms with Crippen LogP contribution in [-0.4, -0.2) is 60.9 Å². The molecule has 2 bridgehead atoms. The highest BCUT2D eigenvalue weighted by Gasteiger charge is 2.43. The second-order valence-electron chi connectivity index (χ2n) is 4.90. The smallest absolute Gasteiger partial charge is 0.247 e. The van der Waals surface area contributed by atoms with Gasteiger partial charge in [-0.1, -0.05) is 6.08 Å². The van der Waals surface area contributed by atoms with Gasteiger partial charge in [0.15, 0.2) is 0 Å². The zero-order valence-electron chi connectivity index (χ0n) is 10.3. The Morgan fingerprint density at radius 2 is 2.29 bits per heavy atom. The second-order valence-corrected chi connectivity index (χ2v) is 4.90. The van der Waals surface area contributed by atoms with Gasteiger partial charge in [0.1, 0.15) is 6.04 Å². The molecule has 17 heavy (non-hydrogen) atoms. The largest absolute Gasteiger partial charge is 0.352 e. The predicted molar refractivity (Wildman–Crippen MR) is 64.4 cm³/mol. The number of nitrogens with zero attached hydrogens (tertiary/aromatic N) is 2. The molecule has 2 aliphatic rings. The molecule has 5 nitrogen and oxygen atoms in total. The summed E-state index contributed by atoms with van der Waals surface area (Å²) in [7, 11) is 3.90. The van der Waals surface area contributed by atoms with Gasteiger partial charge in [-0.2, -0.15) is 0 Å². The molecule has 2 amide bonds. The van der Waals surface area contributed by atoms with E-state index in [0.29, 0.717) is 6.54 Å². The van der Waals surface area contributed by atoms with Crippen molar-refractivity contribution in [1.82, 2.24) is 15.1 Å². The fourth-order valence-electron chi connectivity index (χ4n) is 2.46. The molecular weight excluding hydrogens is 218 g/mol. The molecule has 94 valence electrons. The summed E-state index contributed by atoms with van der Waals surface area (Å²) in [6, 6.07) is -0.0561. The first kappa shape index (κ1) is 12.1. The van der Waals surface area contributed by atoms with Crippen LogP contribution in [-0.2, 0) is 9.59 Å². The third-order valence-electron chi connectivity index (χ3n) is 3.30. The summed E-state index contributed by atoms with van der Waals surface area (Å²) in [5.74, 6) is -0.0395. The maximum absolute atomic E-state index is 12.0. The van der Waals surface area contributed by atoms with E-state index in [1.54, 1.807) is 11.0 Å². The molecule has 5 heteroatoms. The van der Waals surface area contributed by atoms with Crippen LogP contribution >= 0.6 is 0 Å². The fraction of sp³-hybridized carbons (Fsp3) is 0.667. The van der Waals surface area contributed by atoms with Gasteiger partial charge in [-0.05, 0) is 26.9 Å². The van der Waals surface area contributed by atoms with Gasteiger partial charge in [-0.3, -0.25) is 9.59 Å². The van der Waals surface area contributed by atoms with Crippen molar-refractivity contribution < 1.29 is 9.59 Å². The summed E-state index contributed by atoms with van der Waals surface area (Å²) in [6.07, 6.45) is 5.15. The van der Waals surface area contributed by atoms with E-state index < -0.39 is 0 Å². The Balaban J connectivity index is 2.00. The van der Waals surface area contributed by atoms with Gasteiger partial charge >= 0.3 is 0 Å². The SMILES string of the molecule is CN(C)CC=CC(=O)N1C2CCC1C(=O)NC2. The van der Waals surface area contributed by atoms with Crippen LogP contribution in [0.25, 0.3) is 0 Å². The van der Waals surface area contributed by atoms with Gasteiger partial charge in [-0.25, -0.2) is 0 Å². The van der Waals surface area contributed by atoms with E-state index in [1.165, 1.54) is 0 Å². The van der Waals surface area contributed by atoms with Crippen LogP contribution in [0.4, 0.5) is 0 Å². The van der Waals surface area contributed by atoms with Gasteiger partial charge in [0.05, 0.1) is 6.04 Å². The number of rotatable bonds is 3. The molecule has 0 aliphatic carbocycles. The third kappa shape index (κ3) is 2.49. The summed E-state index contributed by atoms with van der Waals surface area (Å²) in [5.41, 5.74) is 0. The molecule has 0 saturated carbocycles. The summed E-state index contributed by atoms with van der Waals surface area (Å²) < 4.78 is 0. The van der Waals surface area contributed by atoms with Gasteiger partial charge in [0, 0.05) is 19.2 Å². The fourth-order valence-corrected chi connectivity index (χ4v) is 2.46. The van der Waals surface area contributed by atoms with E-state index in [1.807, 2.05) is 25.1 Å². The van der Waals surface area contributed by atoms with E-state index in [9.17, 15) is 9.59 Å². The molecule has 0 radical (unpaired) electrons. The van der Waals surface area contributed by atoms with Crippen LogP contribution in [0.5, 0.6) is 0 Å². The van der Waals surface area contributed by atoms with Crippen molar-refractivity contribution in [2.45, 2.75) is 24.9 Å². The number of amides is 2. The van der Waals surface area contributed by atoms with Gasteiger partial charge in [0.2, 0.25) is 11.8 Å². The first-order chi connectivity index (χ1) is 8.09. The standard InChI is InChI=1S/C12H19N3O2/c1-14(2)7-3-4-11(16)15-9-5-6-10(15)12(17)13-8-9/h3-4,9-10H,5-8H2,1-2H3,(H,13,17). The van der Waals surface area contributed by atoms with Gasteiger partial charge < -0.3 is 15.1 Å². The summed E-state index contributed by atoms with van der Waals surface area (Å²) in [6.45, 7) is 1.34. The van der Waals surface area contributed by atoms with Crippen LogP contribution in [0.15, 0.2) is 12.2 Å². The molecule has 2 aliphatic heterocycles. The molecule has 1 N–H and O–H groups in total. The lowest BCUT2D eigenvalue weighted by Crippen LogP contribution is -2.57. The molecular formula is C12H19N3O2. The van der Waals surface area contributed by atoms with E-state index >= 15 is 0 Å². The lowest BCUT2D eigenvalue weighted by Gasteiger charge is -2.33. The number of piperazine rings is 1. The summed E-state index contributed by atoms with van der Waals surface area (Å²) in [5, 5.41) is 2.84. The van der Waals surface area contributed by atoms with Crippen molar-refractivity contribution in [2.75, 3.05) is 27.2 Å². The molecule has 0 aromatic carbocycles. The zero-order valence-corrected chi connectivity index (χ0v) is 10.3. The Morgan fingerprint density at radius 3 is 3.00 bits per heavy atom. The van der Waals surface area contributed by atoms with Gasteiger partial charge in [-0.15, -0.1) is 0 Å². The highest BCUT2D eigenvalue weighted by atomic mass is 16.2. The van der Waals surface area contributed by atoms with E-state index in [0.717, 1.165) is 19.4 Å². The molecule has 2 saturated heterocycles. The molecule has 2 unspecified atom stereocenters. The van der Waals surface area contributed by atoms with Crippen molar-refractivity contribution in [2.24, 2.45) is 0 Å². The molecule has 2 heterocycles. The van der Waals surface area contributed by atoms with Crippen LogP contribution in [0.3, 0.4) is 0 Å². The molecule has 0 aromatic rings. The highest BCUT2D eigenvalue weighted by molar-refractivity contribution is 5.94. The lowest BCUT2D eigenvalue weighted by atomic mass is 10.2. The van der Waals surface area contributed by atoms with E-state index in [4.69, 9.17) is 0 Å². The normalized spacial score (nSPS) is 27.9. The number of likely N-dealkylation sites (N-methyl/N-ethyl adjacent to an activating group) is 1. The number of hydrogen-bond donors (Lipinski definition) is 1. The Bertz CT molecular complexity index is 352. The topological polar surface area (TPSA) is 52.7 Å². The minimum absolute atomic E-state index is 0.00638. The molecule has 2 atom stereocenters. The Kier molecular flexibility index (Phi) is 3.47. The first-order valence-corrected chi connectivity index (χ1v) is 6.01. The first-order valence-electron chi connectivity index (χ1n) is 6.01. The zero-order chi connectivity index (χ0) is 12.4. The van der Waals surface area contributed by atoms with Crippen molar-refractivity contribution in [3.05, 3.63) is 12.2 Å². The number of fused-ring (bicyclic) bond motifs is 2. The van der Waals surface area contributed by atoms with E-state index in [-0.39, 0.29) is 23.9 Å². The Labute approximate surface area is 101 Å². The lowest BCUT2D eigenvalue weighted by molar-refractivity contribution is -0.139. The van der Waals surface area contributed by atoms with E-state index in [2.05, 4.69) is 5.32 Å². The van der Waals surface area contributed by atoms with Crippen LogP contribution in [0.2, 0.25) is 0 Å². The predicted octanol–water partition coefficient (Wildman–Crippen LogP) is -0.406. The van der Waals surface area contributed by atoms with Crippen LogP contribution in [0.1, 0.15) is 12.8 Å². The highest BCUT2D eigenvalue weighted by Crippen LogP contribution is 2.27. The quantitative estimate of drug-likeness (QED) is 0.679. The van der Waals surface area contributed by atoms with Gasteiger partial charge in [0.25, 0.3) is 0 Å². The second kappa shape index (κ2) is 4.87. The number of nitrogens with one attached hydrogen (secondary N) is 1. The average Bonchev–Trinajstić information content (AvgIpc) is 2.60. The molecule has 0 spiro atoms. The number of carbonyl (C=O) groups excluding carboxylic acids is 2. The van der Waals surface area contributed by atoms with Crippen molar-refractivity contribution >= 4 is 11.8 Å². The van der Waals surface area contributed by atoms with Crippen molar-refractivity contribution in [3.8, 4) is 0 Å². The molecule has 0 aromatic heterocycles. The van der Waals surface area contributed by atoms with Crippen LogP contribution < -0.4 is 5.32 Å². The van der Waals surface area contributed by atoms with Crippen LogP contribution in [0, 0.1) is 0 Å². The number of hydrogen-bond acceptors (Lipinski definition) is 3. The summed E-state index contributed by atoms with van der Waals surface area (Å²) >= 11 is 0. The maximum atomic E-state index is 12.0. The molecule has 2 fully saturated rings. The Hall–Kier alpha value is -1.36. The monoisotopic (exact) mass is 237 g/mol. The third-order valence-corrected chi connectivity index (χ3v) is 3.30. The molecule has 2 rings (SSSR count). The maximum Gasteiger partial charge on any atom is 0.247 e. The van der Waals surface area contributed by atoms with Crippen molar-refractivity contribution in [1.29, 1.82) is 0 Å². The number of carbonyl (C=O) groups is 2. The van der Waals surface area contributed by atoms with Crippen molar-refractivity contribution in [3.63, 3.8) is 0 Å². The Morgan fingerprint density at radius 1 is 1.53 bits per heavy atom. The minimum Gasteiger partial charge on any atom is -0.352 e. The summed E-state index contributed by atoms with van der Waals surface area (Å²) in [4.78, 5) is 27.4.